The third-order valence-electron chi connectivity index (χ3n) is 4.59. The molecule has 1 saturated carbocycles. The van der Waals surface area contributed by atoms with E-state index in [4.69, 9.17) is 5.73 Å². The van der Waals surface area contributed by atoms with Gasteiger partial charge in [-0.25, -0.2) is 0 Å². The van der Waals surface area contributed by atoms with Gasteiger partial charge in [0.15, 0.2) is 0 Å². The van der Waals surface area contributed by atoms with Gasteiger partial charge in [-0.15, -0.1) is 0 Å². The summed E-state index contributed by atoms with van der Waals surface area (Å²) in [6.07, 6.45) is 4.55. The maximum Gasteiger partial charge on any atom is 0.237 e. The molecule has 1 rings (SSSR count). The van der Waals surface area contributed by atoms with E-state index in [0.717, 1.165) is 12.8 Å². The summed E-state index contributed by atoms with van der Waals surface area (Å²) in [4.78, 5) is 12.0. The summed E-state index contributed by atoms with van der Waals surface area (Å²) >= 11 is 0. The minimum atomic E-state index is -0.357. The lowest BCUT2D eigenvalue weighted by atomic mass is 9.78. The van der Waals surface area contributed by atoms with Crippen LogP contribution in [-0.4, -0.2) is 18.0 Å². The van der Waals surface area contributed by atoms with Crippen LogP contribution in [0.2, 0.25) is 0 Å². The topological polar surface area (TPSA) is 55.1 Å². The Bertz CT molecular complexity index is 255. The zero-order valence-corrected chi connectivity index (χ0v) is 11.7. The van der Waals surface area contributed by atoms with Crippen molar-refractivity contribution in [2.75, 3.05) is 0 Å². The van der Waals surface area contributed by atoms with Gasteiger partial charge in [-0.05, 0) is 24.2 Å². The summed E-state index contributed by atoms with van der Waals surface area (Å²) in [5, 5.41) is 3.15. The van der Waals surface area contributed by atoms with E-state index in [1.807, 2.05) is 6.92 Å². The van der Waals surface area contributed by atoms with Gasteiger partial charge in [-0.1, -0.05) is 47.0 Å². The van der Waals surface area contributed by atoms with Gasteiger partial charge in [-0.2, -0.15) is 0 Å². The van der Waals surface area contributed by atoms with E-state index < -0.39 is 0 Å². The fourth-order valence-corrected chi connectivity index (χ4v) is 2.58. The minimum Gasteiger partial charge on any atom is -0.352 e. The van der Waals surface area contributed by atoms with Gasteiger partial charge in [0.05, 0.1) is 6.04 Å². The van der Waals surface area contributed by atoms with Crippen LogP contribution in [0.1, 0.15) is 53.4 Å². The predicted octanol–water partition coefficient (Wildman–Crippen LogP) is 2.30. The van der Waals surface area contributed by atoms with E-state index in [1.54, 1.807) is 0 Å². The number of amides is 1. The summed E-state index contributed by atoms with van der Waals surface area (Å²) in [5.74, 6) is 1.56. The average molecular weight is 240 g/mol. The Labute approximate surface area is 106 Å². The first-order chi connectivity index (χ1) is 7.97. The Kier molecular flexibility index (Phi) is 5.44. The first-order valence-electron chi connectivity index (χ1n) is 7.03. The van der Waals surface area contributed by atoms with Crippen LogP contribution in [0.15, 0.2) is 0 Å². The highest BCUT2D eigenvalue weighted by molar-refractivity contribution is 5.82. The zero-order valence-electron chi connectivity index (χ0n) is 11.7. The molecule has 1 aliphatic carbocycles. The van der Waals surface area contributed by atoms with Crippen molar-refractivity contribution >= 4 is 5.91 Å². The lowest BCUT2D eigenvalue weighted by Gasteiger charge is -2.35. The molecule has 0 bridgehead atoms. The maximum absolute atomic E-state index is 12.0. The molecule has 1 fully saturated rings. The van der Waals surface area contributed by atoms with Gasteiger partial charge in [0.1, 0.15) is 0 Å². The van der Waals surface area contributed by atoms with E-state index in [-0.39, 0.29) is 17.9 Å². The smallest absolute Gasteiger partial charge is 0.237 e. The molecule has 0 aromatic heterocycles. The molecule has 3 N–H and O–H groups in total. The molecule has 0 heterocycles. The molecule has 5 unspecified atom stereocenters. The number of nitrogens with one attached hydrogen (secondary N) is 1. The van der Waals surface area contributed by atoms with E-state index >= 15 is 0 Å². The fourth-order valence-electron chi connectivity index (χ4n) is 2.58. The van der Waals surface area contributed by atoms with E-state index in [9.17, 15) is 4.79 Å². The van der Waals surface area contributed by atoms with Gasteiger partial charge >= 0.3 is 0 Å². The van der Waals surface area contributed by atoms with Crippen molar-refractivity contribution in [3.8, 4) is 0 Å². The zero-order chi connectivity index (χ0) is 13.0. The fraction of sp³-hybridized carbons (Fsp3) is 0.929. The first-order valence-corrected chi connectivity index (χ1v) is 7.03. The summed E-state index contributed by atoms with van der Waals surface area (Å²) in [7, 11) is 0. The molecular weight excluding hydrogens is 212 g/mol. The number of hydrogen-bond acceptors (Lipinski definition) is 2. The molecule has 1 aliphatic rings. The highest BCUT2D eigenvalue weighted by atomic mass is 16.2. The number of hydrogen-bond donors (Lipinski definition) is 2. The molecule has 1 amide bonds. The molecule has 0 aromatic carbocycles. The quantitative estimate of drug-likeness (QED) is 0.792. The Hall–Kier alpha value is -0.570. The molecule has 3 heteroatoms. The number of carbonyl (C=O) groups is 1. The Morgan fingerprint density at radius 3 is 2.65 bits per heavy atom. The van der Waals surface area contributed by atoms with Crippen LogP contribution in [0.4, 0.5) is 0 Å². The Balaban J connectivity index is 2.50. The van der Waals surface area contributed by atoms with E-state index in [2.05, 4.69) is 26.1 Å². The number of nitrogens with two attached hydrogens (primary N) is 1. The summed E-state index contributed by atoms with van der Waals surface area (Å²) in [5.41, 5.74) is 5.96. The molecule has 3 nitrogen and oxygen atoms in total. The summed E-state index contributed by atoms with van der Waals surface area (Å²) in [6.45, 7) is 8.63. The van der Waals surface area contributed by atoms with Gasteiger partial charge in [0.2, 0.25) is 5.91 Å². The standard InChI is InChI=1S/C14H28N2O/c1-5-9(2)13(15)14(17)16-12-8-6-7-10(3)11(12)4/h9-13H,5-8,15H2,1-4H3,(H,16,17). The second kappa shape index (κ2) is 6.39. The maximum atomic E-state index is 12.0. The van der Waals surface area contributed by atoms with Gasteiger partial charge in [0, 0.05) is 6.04 Å². The summed E-state index contributed by atoms with van der Waals surface area (Å²) < 4.78 is 0. The van der Waals surface area contributed by atoms with Crippen molar-refractivity contribution in [3.63, 3.8) is 0 Å². The molecule has 100 valence electrons. The van der Waals surface area contributed by atoms with Crippen molar-refractivity contribution < 1.29 is 4.79 Å². The van der Waals surface area contributed by atoms with Crippen molar-refractivity contribution in [1.29, 1.82) is 0 Å². The molecule has 0 aromatic rings. The molecule has 17 heavy (non-hydrogen) atoms. The van der Waals surface area contributed by atoms with Gasteiger partial charge in [0.25, 0.3) is 0 Å². The molecular formula is C14H28N2O. The molecule has 5 atom stereocenters. The van der Waals surface area contributed by atoms with Crippen LogP contribution < -0.4 is 11.1 Å². The largest absolute Gasteiger partial charge is 0.352 e. The molecule has 0 saturated heterocycles. The van der Waals surface area contributed by atoms with Gasteiger partial charge < -0.3 is 11.1 Å². The first kappa shape index (κ1) is 14.5. The molecule has 0 spiro atoms. The lowest BCUT2D eigenvalue weighted by molar-refractivity contribution is -0.124. The monoisotopic (exact) mass is 240 g/mol. The van der Waals surface area contributed by atoms with Crippen LogP contribution in [-0.2, 0) is 4.79 Å². The Morgan fingerprint density at radius 1 is 1.41 bits per heavy atom. The van der Waals surface area contributed by atoms with E-state index in [0.29, 0.717) is 17.9 Å². The minimum absolute atomic E-state index is 0.0327. The third kappa shape index (κ3) is 3.70. The van der Waals surface area contributed by atoms with Crippen molar-refractivity contribution in [1.82, 2.24) is 5.32 Å². The van der Waals surface area contributed by atoms with Crippen LogP contribution in [0.25, 0.3) is 0 Å². The van der Waals surface area contributed by atoms with Crippen molar-refractivity contribution in [3.05, 3.63) is 0 Å². The van der Waals surface area contributed by atoms with Crippen LogP contribution >= 0.6 is 0 Å². The highest BCUT2D eigenvalue weighted by Crippen LogP contribution is 2.29. The van der Waals surface area contributed by atoms with Crippen molar-refractivity contribution in [2.45, 2.75) is 65.5 Å². The highest BCUT2D eigenvalue weighted by Gasteiger charge is 2.30. The van der Waals surface area contributed by atoms with Crippen molar-refractivity contribution in [2.24, 2.45) is 23.5 Å². The molecule has 0 radical (unpaired) electrons. The molecule has 0 aliphatic heterocycles. The third-order valence-corrected chi connectivity index (χ3v) is 4.59. The lowest BCUT2D eigenvalue weighted by Crippen LogP contribution is -2.51. The second-order valence-corrected chi connectivity index (χ2v) is 5.79. The number of carbonyl (C=O) groups excluding carboxylic acids is 1. The average Bonchev–Trinajstić information content (AvgIpc) is 2.32. The van der Waals surface area contributed by atoms with Crippen LogP contribution in [0.5, 0.6) is 0 Å². The Morgan fingerprint density at radius 2 is 2.06 bits per heavy atom. The van der Waals surface area contributed by atoms with Crippen LogP contribution in [0, 0.1) is 17.8 Å². The van der Waals surface area contributed by atoms with Crippen LogP contribution in [0.3, 0.4) is 0 Å². The normalized spacial score (nSPS) is 32.9. The van der Waals surface area contributed by atoms with Gasteiger partial charge in [-0.3, -0.25) is 4.79 Å². The SMILES string of the molecule is CCC(C)C(N)C(=O)NC1CCCC(C)C1C. The number of rotatable bonds is 4. The predicted molar refractivity (Wildman–Crippen MR) is 71.5 cm³/mol. The second-order valence-electron chi connectivity index (χ2n) is 5.79. The summed E-state index contributed by atoms with van der Waals surface area (Å²) in [6, 6.07) is -0.0363. The van der Waals surface area contributed by atoms with E-state index in [1.165, 1.54) is 12.8 Å².